The van der Waals surface area contributed by atoms with Crippen molar-refractivity contribution in [3.05, 3.63) is 99.2 Å². The number of carboxylic acids is 1. The van der Waals surface area contributed by atoms with Crippen LogP contribution in [0.15, 0.2) is 76.9 Å². The summed E-state index contributed by atoms with van der Waals surface area (Å²) >= 11 is 3.40. The van der Waals surface area contributed by atoms with Crippen LogP contribution in [-0.2, 0) is 22.6 Å². The standard InChI is InChI=1S/C28H24BrN3O6/c1-2-18-5-3-4-6-22(18)30-25(33)15-32-26(34)23(31-28(32)37)14-20-13-21(29)11-12-24(20)38-16-17-7-9-19(10-8-17)27(35)36/h3-14H,2,15-16H2,1H3,(H,30,33)(H,31,37)(H,35,36)/b23-14+. The van der Waals surface area contributed by atoms with E-state index in [0.29, 0.717) is 17.0 Å². The van der Waals surface area contributed by atoms with E-state index < -0.39 is 30.4 Å². The van der Waals surface area contributed by atoms with Gasteiger partial charge in [0.2, 0.25) is 5.91 Å². The van der Waals surface area contributed by atoms with Crippen LogP contribution in [0.4, 0.5) is 10.5 Å². The number of hydrogen-bond acceptors (Lipinski definition) is 5. The number of para-hydroxylation sites is 1. The average Bonchev–Trinajstić information content (AvgIpc) is 3.16. The van der Waals surface area contributed by atoms with Gasteiger partial charge in [-0.2, -0.15) is 0 Å². The van der Waals surface area contributed by atoms with Gasteiger partial charge in [0.25, 0.3) is 5.91 Å². The Hall–Kier alpha value is -4.44. The van der Waals surface area contributed by atoms with Gasteiger partial charge in [-0.3, -0.25) is 9.59 Å². The van der Waals surface area contributed by atoms with Crippen molar-refractivity contribution in [1.29, 1.82) is 0 Å². The van der Waals surface area contributed by atoms with Gasteiger partial charge < -0.3 is 20.5 Å². The van der Waals surface area contributed by atoms with Crippen LogP contribution in [0.3, 0.4) is 0 Å². The van der Waals surface area contributed by atoms with Crippen LogP contribution in [0.5, 0.6) is 5.75 Å². The number of carbonyl (C=O) groups excluding carboxylic acids is 3. The van der Waals surface area contributed by atoms with E-state index in [-0.39, 0.29) is 17.9 Å². The minimum Gasteiger partial charge on any atom is -0.488 e. The maximum absolute atomic E-state index is 13.0. The molecule has 10 heteroatoms. The number of carbonyl (C=O) groups is 4. The molecular formula is C28H24BrN3O6. The van der Waals surface area contributed by atoms with Crippen LogP contribution >= 0.6 is 15.9 Å². The van der Waals surface area contributed by atoms with Crippen LogP contribution < -0.4 is 15.4 Å². The highest BCUT2D eigenvalue weighted by Gasteiger charge is 2.35. The first kappa shape index (κ1) is 26.6. The number of carboxylic acid groups (broad SMARTS) is 1. The zero-order chi connectivity index (χ0) is 27.2. The van der Waals surface area contributed by atoms with E-state index in [1.807, 2.05) is 19.1 Å². The maximum Gasteiger partial charge on any atom is 0.335 e. The first-order valence-electron chi connectivity index (χ1n) is 11.7. The Kier molecular flexibility index (Phi) is 8.22. The molecule has 9 nitrogen and oxygen atoms in total. The third-order valence-corrected chi connectivity index (χ3v) is 6.30. The average molecular weight is 578 g/mol. The molecule has 0 spiro atoms. The Morgan fingerprint density at radius 3 is 2.53 bits per heavy atom. The molecule has 0 saturated carbocycles. The summed E-state index contributed by atoms with van der Waals surface area (Å²) in [4.78, 5) is 50.0. The van der Waals surface area contributed by atoms with Crippen molar-refractivity contribution in [3.8, 4) is 5.75 Å². The van der Waals surface area contributed by atoms with E-state index in [9.17, 15) is 19.2 Å². The Morgan fingerprint density at radius 2 is 1.82 bits per heavy atom. The quantitative estimate of drug-likeness (QED) is 0.247. The lowest BCUT2D eigenvalue weighted by Gasteiger charge is -2.14. The van der Waals surface area contributed by atoms with Crippen LogP contribution in [0, 0.1) is 0 Å². The van der Waals surface area contributed by atoms with Crippen molar-refractivity contribution in [2.45, 2.75) is 20.0 Å². The van der Waals surface area contributed by atoms with Crippen molar-refractivity contribution in [1.82, 2.24) is 10.2 Å². The summed E-state index contributed by atoms with van der Waals surface area (Å²) in [6.07, 6.45) is 2.20. The van der Waals surface area contributed by atoms with Gasteiger partial charge in [0.05, 0.1) is 5.56 Å². The van der Waals surface area contributed by atoms with Crippen LogP contribution in [-0.4, -0.2) is 40.4 Å². The molecule has 1 fully saturated rings. The number of aromatic carboxylic acids is 1. The topological polar surface area (TPSA) is 125 Å². The van der Waals surface area contributed by atoms with Gasteiger partial charge >= 0.3 is 12.0 Å². The second kappa shape index (κ2) is 11.7. The van der Waals surface area contributed by atoms with E-state index in [1.165, 1.54) is 18.2 Å². The van der Waals surface area contributed by atoms with E-state index >= 15 is 0 Å². The summed E-state index contributed by atoms with van der Waals surface area (Å²) in [5, 5.41) is 14.3. The lowest BCUT2D eigenvalue weighted by Crippen LogP contribution is -2.38. The molecule has 1 heterocycles. The van der Waals surface area contributed by atoms with Gasteiger partial charge in [-0.1, -0.05) is 53.2 Å². The number of rotatable bonds is 9. The highest BCUT2D eigenvalue weighted by molar-refractivity contribution is 9.10. The number of imide groups is 1. The van der Waals surface area contributed by atoms with Gasteiger partial charge in [-0.25, -0.2) is 14.5 Å². The molecule has 1 aliphatic rings. The van der Waals surface area contributed by atoms with Crippen LogP contribution in [0.25, 0.3) is 6.08 Å². The Balaban J connectivity index is 1.47. The molecule has 194 valence electrons. The molecule has 0 aliphatic carbocycles. The zero-order valence-corrected chi connectivity index (χ0v) is 21.9. The number of halogens is 1. The van der Waals surface area contributed by atoms with Gasteiger partial charge in [-0.05, 0) is 60.0 Å². The van der Waals surface area contributed by atoms with Crippen LogP contribution in [0.2, 0.25) is 0 Å². The lowest BCUT2D eigenvalue weighted by atomic mass is 10.1. The third-order valence-electron chi connectivity index (χ3n) is 5.80. The lowest BCUT2D eigenvalue weighted by molar-refractivity contribution is -0.127. The predicted molar refractivity (Wildman–Crippen MR) is 145 cm³/mol. The molecule has 4 rings (SSSR count). The van der Waals surface area contributed by atoms with Gasteiger partial charge in [0, 0.05) is 15.7 Å². The number of hydrogen-bond donors (Lipinski definition) is 3. The molecule has 3 aromatic rings. The third kappa shape index (κ3) is 6.27. The van der Waals surface area contributed by atoms with Gasteiger partial charge in [0.1, 0.15) is 24.6 Å². The molecule has 0 aromatic heterocycles. The van der Waals surface area contributed by atoms with Crippen molar-refractivity contribution < 1.29 is 29.0 Å². The summed E-state index contributed by atoms with van der Waals surface area (Å²) in [6.45, 7) is 1.69. The molecule has 3 aromatic carbocycles. The monoisotopic (exact) mass is 577 g/mol. The molecule has 0 radical (unpaired) electrons. The zero-order valence-electron chi connectivity index (χ0n) is 20.4. The first-order chi connectivity index (χ1) is 18.2. The molecule has 1 aliphatic heterocycles. The fraction of sp³-hybridized carbons (Fsp3) is 0.143. The SMILES string of the molecule is CCc1ccccc1NC(=O)CN1C(=O)N/C(=C/c2cc(Br)ccc2OCc2ccc(C(=O)O)cc2)C1=O. The summed E-state index contributed by atoms with van der Waals surface area (Å²) in [7, 11) is 0. The number of benzene rings is 3. The first-order valence-corrected chi connectivity index (χ1v) is 12.5. The van der Waals surface area contributed by atoms with Crippen molar-refractivity contribution in [3.63, 3.8) is 0 Å². The molecular weight excluding hydrogens is 554 g/mol. The number of anilines is 1. The Bertz CT molecular complexity index is 1430. The number of amides is 4. The highest BCUT2D eigenvalue weighted by atomic mass is 79.9. The Morgan fingerprint density at radius 1 is 1.08 bits per heavy atom. The predicted octanol–water partition coefficient (Wildman–Crippen LogP) is 4.82. The molecule has 4 amide bonds. The van der Waals surface area contributed by atoms with Gasteiger partial charge in [0.15, 0.2) is 0 Å². The number of ether oxygens (including phenoxy) is 1. The van der Waals surface area contributed by atoms with E-state index in [4.69, 9.17) is 9.84 Å². The summed E-state index contributed by atoms with van der Waals surface area (Å²) in [5.41, 5.74) is 3.03. The molecule has 3 N–H and O–H groups in total. The fourth-order valence-corrected chi connectivity index (χ4v) is 4.20. The Labute approximate surface area is 227 Å². The number of nitrogens with zero attached hydrogens (tertiary/aromatic N) is 1. The van der Waals surface area contributed by atoms with Crippen molar-refractivity contribution >= 4 is 51.5 Å². The van der Waals surface area contributed by atoms with E-state index in [0.717, 1.165) is 26.9 Å². The van der Waals surface area contributed by atoms with Crippen molar-refractivity contribution in [2.75, 3.05) is 11.9 Å². The minimum absolute atomic E-state index is 0.00511. The molecule has 38 heavy (non-hydrogen) atoms. The molecule has 0 bridgehead atoms. The fourth-order valence-electron chi connectivity index (χ4n) is 3.82. The molecule has 0 unspecified atom stereocenters. The second-order valence-electron chi connectivity index (χ2n) is 8.41. The number of nitrogens with one attached hydrogen (secondary N) is 2. The maximum atomic E-state index is 13.0. The smallest absolute Gasteiger partial charge is 0.335 e. The molecule has 0 atom stereocenters. The second-order valence-corrected chi connectivity index (χ2v) is 9.33. The van der Waals surface area contributed by atoms with E-state index in [2.05, 4.69) is 26.6 Å². The van der Waals surface area contributed by atoms with Gasteiger partial charge in [-0.15, -0.1) is 0 Å². The summed E-state index contributed by atoms with van der Waals surface area (Å²) < 4.78 is 6.64. The van der Waals surface area contributed by atoms with Crippen LogP contribution in [0.1, 0.15) is 34.0 Å². The summed E-state index contributed by atoms with van der Waals surface area (Å²) in [5.74, 6) is -1.70. The highest BCUT2D eigenvalue weighted by Crippen LogP contribution is 2.27. The summed E-state index contributed by atoms with van der Waals surface area (Å²) in [6, 6.07) is 18.1. The molecule has 1 saturated heterocycles. The normalized spacial score (nSPS) is 13.9. The number of aryl methyl sites for hydroxylation is 1. The number of urea groups is 1. The largest absolute Gasteiger partial charge is 0.488 e. The van der Waals surface area contributed by atoms with E-state index in [1.54, 1.807) is 42.5 Å². The minimum atomic E-state index is -1.01. The van der Waals surface area contributed by atoms with Crippen molar-refractivity contribution in [2.24, 2.45) is 0 Å².